The Kier molecular flexibility index (Phi) is 4.95. The molecule has 0 saturated heterocycles. The van der Waals surface area contributed by atoms with Crippen LogP contribution in [0.1, 0.15) is 0 Å². The molecule has 0 radical (unpaired) electrons. The Balaban J connectivity index is 2.43. The largest absolute Gasteiger partial charge is 0.341 e. The molecule has 0 aliphatic rings. The lowest BCUT2D eigenvalue weighted by molar-refractivity contribution is 0.628. The van der Waals surface area contributed by atoms with Gasteiger partial charge in [-0.25, -0.2) is 4.39 Å². The van der Waals surface area contributed by atoms with E-state index in [-0.39, 0.29) is 5.82 Å². The second kappa shape index (κ2) is 5.79. The fourth-order valence-electron chi connectivity index (χ4n) is 0.969. The normalized spacial score (nSPS) is 11.2. The first-order valence-electron chi connectivity index (χ1n) is 5.06. The Labute approximate surface area is 107 Å². The van der Waals surface area contributed by atoms with E-state index in [1.54, 1.807) is 23.9 Å². The molecule has 5 heteroatoms. The second-order valence-electron chi connectivity index (χ2n) is 4.77. The van der Waals surface area contributed by atoms with E-state index in [9.17, 15) is 4.39 Å². The number of hydrogen-bond donors (Lipinski definition) is 1. The van der Waals surface area contributed by atoms with E-state index in [0.29, 0.717) is 0 Å². The Hall–Kier alpha value is -0.393. The predicted octanol–water partition coefficient (Wildman–Crippen LogP) is 4.13. The van der Waals surface area contributed by atoms with Gasteiger partial charge in [-0.2, -0.15) is 0 Å². The molecule has 1 rings (SSSR count). The fraction of sp³-hybridized carbons (Fsp3) is 0.364. The van der Waals surface area contributed by atoms with Gasteiger partial charge in [-0.3, -0.25) is 0 Å². The first-order chi connectivity index (χ1) is 7.37. The van der Waals surface area contributed by atoms with E-state index in [2.05, 4.69) is 25.0 Å². The van der Waals surface area contributed by atoms with Crippen molar-refractivity contribution in [1.82, 2.24) is 0 Å². The van der Waals surface area contributed by atoms with Gasteiger partial charge in [-0.15, -0.1) is 0 Å². The Morgan fingerprint density at radius 3 is 2.38 bits per heavy atom. The highest BCUT2D eigenvalue weighted by atomic mass is 32.2. The molecule has 1 aromatic rings. The number of thiocarbonyl (C=S) groups is 1. The summed E-state index contributed by atoms with van der Waals surface area (Å²) in [5, 5.41) is 4.19. The first kappa shape index (κ1) is 13.7. The molecule has 0 spiro atoms. The topological polar surface area (TPSA) is 12.0 Å². The molecule has 0 aromatic heterocycles. The lowest BCUT2D eigenvalue weighted by atomic mass is 10.3. The van der Waals surface area contributed by atoms with Gasteiger partial charge < -0.3 is 5.32 Å². The maximum Gasteiger partial charge on any atom is 0.137 e. The lowest BCUT2D eigenvalue weighted by Gasteiger charge is -2.15. The van der Waals surface area contributed by atoms with E-state index >= 15 is 0 Å². The van der Waals surface area contributed by atoms with Crippen LogP contribution in [0.25, 0.3) is 0 Å². The van der Waals surface area contributed by atoms with Crippen molar-refractivity contribution in [2.75, 3.05) is 10.7 Å². The van der Waals surface area contributed by atoms with Crippen molar-refractivity contribution >= 4 is 42.1 Å². The molecule has 88 valence electrons. The number of nitrogens with one attached hydrogen (secondary N) is 1. The monoisotopic (exact) mass is 273 g/mol. The molecule has 0 amide bonds. The number of thioether (sulfide) groups is 1. The third kappa shape index (κ3) is 5.63. The molecule has 0 bridgehead atoms. The number of hydrogen-bond acceptors (Lipinski definition) is 2. The number of rotatable bonds is 3. The SMILES string of the molecule is C[Si](C)(C)CSC(=S)Nc1ccc(F)cc1. The molecule has 1 N–H and O–H groups in total. The zero-order valence-corrected chi connectivity index (χ0v) is 12.3. The summed E-state index contributed by atoms with van der Waals surface area (Å²) >= 11 is 6.89. The molecule has 16 heavy (non-hydrogen) atoms. The number of anilines is 1. The van der Waals surface area contributed by atoms with Crippen molar-refractivity contribution < 1.29 is 4.39 Å². The van der Waals surface area contributed by atoms with Gasteiger partial charge in [-0.1, -0.05) is 43.6 Å². The van der Waals surface area contributed by atoms with Crippen LogP contribution in [0.15, 0.2) is 24.3 Å². The first-order valence-corrected chi connectivity index (χ1v) is 10.2. The highest BCUT2D eigenvalue weighted by Gasteiger charge is 2.14. The van der Waals surface area contributed by atoms with Crippen LogP contribution in [0.2, 0.25) is 19.6 Å². The van der Waals surface area contributed by atoms with Crippen LogP contribution < -0.4 is 5.32 Å². The molecule has 0 aliphatic heterocycles. The minimum Gasteiger partial charge on any atom is -0.341 e. The second-order valence-corrected chi connectivity index (χ2v) is 12.4. The van der Waals surface area contributed by atoms with Crippen LogP contribution in [0.3, 0.4) is 0 Å². The summed E-state index contributed by atoms with van der Waals surface area (Å²) in [6.07, 6.45) is 0. The van der Waals surface area contributed by atoms with Crippen LogP contribution in [-0.4, -0.2) is 17.8 Å². The molecular weight excluding hydrogens is 257 g/mol. The Bertz CT molecular complexity index is 359. The van der Waals surface area contributed by atoms with Crippen molar-refractivity contribution in [1.29, 1.82) is 0 Å². The van der Waals surface area contributed by atoms with Gasteiger partial charge in [0.1, 0.15) is 10.1 Å². The van der Waals surface area contributed by atoms with Gasteiger partial charge in [0.15, 0.2) is 0 Å². The number of benzene rings is 1. The van der Waals surface area contributed by atoms with Crippen LogP contribution in [-0.2, 0) is 0 Å². The maximum absolute atomic E-state index is 12.7. The molecule has 0 heterocycles. The van der Waals surface area contributed by atoms with Crippen molar-refractivity contribution in [3.63, 3.8) is 0 Å². The highest BCUT2D eigenvalue weighted by Crippen LogP contribution is 2.16. The van der Waals surface area contributed by atoms with Gasteiger partial charge in [0.2, 0.25) is 0 Å². The highest BCUT2D eigenvalue weighted by molar-refractivity contribution is 8.24. The molecular formula is C11H16FNS2Si. The third-order valence-corrected chi connectivity index (χ3v) is 6.59. The van der Waals surface area contributed by atoms with Crippen LogP contribution in [0.5, 0.6) is 0 Å². The van der Waals surface area contributed by atoms with Crippen molar-refractivity contribution in [3.05, 3.63) is 30.1 Å². The Morgan fingerprint density at radius 1 is 1.31 bits per heavy atom. The number of halogens is 1. The quantitative estimate of drug-likeness (QED) is 0.657. The molecule has 0 unspecified atom stereocenters. The molecule has 0 aliphatic carbocycles. The summed E-state index contributed by atoms with van der Waals surface area (Å²) in [7, 11) is -1.07. The van der Waals surface area contributed by atoms with Crippen molar-refractivity contribution in [2.45, 2.75) is 19.6 Å². The van der Waals surface area contributed by atoms with Crippen LogP contribution >= 0.6 is 24.0 Å². The Morgan fingerprint density at radius 2 is 1.88 bits per heavy atom. The standard InChI is InChI=1S/C11H16FNS2Si/c1-16(2,3)8-15-11(14)13-10-6-4-9(12)5-7-10/h4-7H,8H2,1-3H3,(H,13,14). The van der Waals surface area contributed by atoms with Gasteiger partial charge in [-0.05, 0) is 29.6 Å². The maximum atomic E-state index is 12.7. The van der Waals surface area contributed by atoms with Crippen LogP contribution in [0, 0.1) is 5.82 Å². The summed E-state index contributed by atoms with van der Waals surface area (Å²) in [5.74, 6) is -0.230. The van der Waals surface area contributed by atoms with Crippen molar-refractivity contribution in [2.24, 2.45) is 0 Å². The van der Waals surface area contributed by atoms with E-state index in [1.807, 2.05) is 0 Å². The summed E-state index contributed by atoms with van der Waals surface area (Å²) in [6.45, 7) is 6.92. The van der Waals surface area contributed by atoms with Gasteiger partial charge in [0, 0.05) is 5.69 Å². The molecule has 0 fully saturated rings. The zero-order valence-electron chi connectivity index (χ0n) is 9.71. The summed E-state index contributed by atoms with van der Waals surface area (Å²) in [5.41, 5.74) is 0.842. The van der Waals surface area contributed by atoms with Gasteiger partial charge in [0.25, 0.3) is 0 Å². The third-order valence-electron chi connectivity index (χ3n) is 1.73. The van der Waals surface area contributed by atoms with E-state index in [0.717, 1.165) is 15.4 Å². The lowest BCUT2D eigenvalue weighted by Crippen LogP contribution is -2.25. The zero-order chi connectivity index (χ0) is 12.2. The minimum atomic E-state index is -1.07. The predicted molar refractivity (Wildman–Crippen MR) is 78.4 cm³/mol. The average molecular weight is 273 g/mol. The molecule has 0 saturated carbocycles. The average Bonchev–Trinajstić information content (AvgIpc) is 2.18. The molecule has 1 nitrogen and oxygen atoms in total. The smallest absolute Gasteiger partial charge is 0.137 e. The molecule has 0 atom stereocenters. The van der Waals surface area contributed by atoms with Gasteiger partial charge in [0.05, 0.1) is 8.07 Å². The van der Waals surface area contributed by atoms with E-state index in [4.69, 9.17) is 12.2 Å². The molecule has 1 aromatic carbocycles. The van der Waals surface area contributed by atoms with E-state index < -0.39 is 8.07 Å². The van der Waals surface area contributed by atoms with Crippen molar-refractivity contribution in [3.8, 4) is 0 Å². The minimum absolute atomic E-state index is 0.230. The summed E-state index contributed by atoms with van der Waals surface area (Å²) in [6, 6.07) is 6.23. The fourth-order valence-corrected chi connectivity index (χ4v) is 4.06. The summed E-state index contributed by atoms with van der Waals surface area (Å²) in [4.78, 5) is 0. The van der Waals surface area contributed by atoms with Crippen LogP contribution in [0.4, 0.5) is 10.1 Å². The van der Waals surface area contributed by atoms with E-state index in [1.165, 1.54) is 12.1 Å². The summed E-state index contributed by atoms with van der Waals surface area (Å²) < 4.78 is 13.4. The van der Waals surface area contributed by atoms with Gasteiger partial charge >= 0.3 is 0 Å².